The molecule has 0 fully saturated rings. The van der Waals surface area contributed by atoms with Gasteiger partial charge < -0.3 is 5.32 Å². The van der Waals surface area contributed by atoms with Gasteiger partial charge in [-0.1, -0.05) is 67.0 Å². The summed E-state index contributed by atoms with van der Waals surface area (Å²) in [6.07, 6.45) is 10.3. The summed E-state index contributed by atoms with van der Waals surface area (Å²) in [6, 6.07) is 0. The van der Waals surface area contributed by atoms with Crippen LogP contribution in [0.2, 0.25) is 0 Å². The lowest BCUT2D eigenvalue weighted by Gasteiger charge is -2.43. The fraction of sp³-hybridized carbons (Fsp3) is 0.900. The molecule has 1 heteroatoms. The lowest BCUT2D eigenvalue weighted by Crippen LogP contribution is -2.35. The van der Waals surface area contributed by atoms with E-state index in [-0.39, 0.29) is 0 Å². The summed E-state index contributed by atoms with van der Waals surface area (Å²) in [5, 5.41) is 3.34. The molecule has 1 aliphatic rings. The first-order valence-corrected chi connectivity index (χ1v) is 8.84. The molecule has 2 unspecified atom stereocenters. The van der Waals surface area contributed by atoms with Crippen molar-refractivity contribution in [3.63, 3.8) is 0 Å². The van der Waals surface area contributed by atoms with Crippen LogP contribution >= 0.6 is 0 Å². The van der Waals surface area contributed by atoms with Crippen LogP contribution in [0.15, 0.2) is 12.2 Å². The number of rotatable bonds is 7. The molecule has 124 valence electrons. The van der Waals surface area contributed by atoms with Gasteiger partial charge in [0, 0.05) is 0 Å². The van der Waals surface area contributed by atoms with E-state index >= 15 is 0 Å². The molecule has 0 heterocycles. The summed E-state index contributed by atoms with van der Waals surface area (Å²) >= 11 is 0. The molecule has 0 bridgehead atoms. The lowest BCUT2D eigenvalue weighted by molar-refractivity contribution is 0.122. The second-order valence-corrected chi connectivity index (χ2v) is 9.56. The first-order chi connectivity index (χ1) is 9.51. The molecule has 0 amide bonds. The Morgan fingerprint density at radius 1 is 1.05 bits per heavy atom. The van der Waals surface area contributed by atoms with Crippen LogP contribution < -0.4 is 5.32 Å². The van der Waals surface area contributed by atoms with Gasteiger partial charge in [-0.3, -0.25) is 0 Å². The highest BCUT2D eigenvalue weighted by Gasteiger charge is 2.37. The van der Waals surface area contributed by atoms with Crippen molar-refractivity contribution in [3.05, 3.63) is 12.2 Å². The summed E-state index contributed by atoms with van der Waals surface area (Å²) < 4.78 is 0. The number of hydrogen-bond donors (Lipinski definition) is 1. The smallest absolute Gasteiger partial charge is 0.0000274 e. The fourth-order valence-corrected chi connectivity index (χ4v) is 3.93. The third-order valence-electron chi connectivity index (χ3n) is 5.61. The van der Waals surface area contributed by atoms with Gasteiger partial charge in [-0.05, 0) is 60.9 Å². The molecule has 0 saturated heterocycles. The highest BCUT2D eigenvalue weighted by Crippen LogP contribution is 2.47. The van der Waals surface area contributed by atoms with Gasteiger partial charge in [-0.2, -0.15) is 0 Å². The third kappa shape index (κ3) is 5.77. The molecule has 0 aromatic carbocycles. The first kappa shape index (κ1) is 18.7. The molecule has 0 aromatic heterocycles. The lowest BCUT2D eigenvalue weighted by atomic mass is 9.62. The predicted octanol–water partition coefficient (Wildman–Crippen LogP) is 5.67. The topological polar surface area (TPSA) is 12.0 Å². The minimum absolute atomic E-state index is 0.384. The molecule has 0 saturated carbocycles. The van der Waals surface area contributed by atoms with E-state index in [1.54, 1.807) is 0 Å². The summed E-state index contributed by atoms with van der Waals surface area (Å²) in [5.74, 6) is 1.47. The minimum Gasteiger partial charge on any atom is -0.319 e. The van der Waals surface area contributed by atoms with Crippen molar-refractivity contribution in [2.45, 2.75) is 74.1 Å². The normalized spacial score (nSPS) is 26.1. The predicted molar refractivity (Wildman–Crippen MR) is 95.5 cm³/mol. The molecule has 0 aromatic rings. The largest absolute Gasteiger partial charge is 0.319 e. The molecule has 1 rings (SSSR count). The summed E-state index contributed by atoms with van der Waals surface area (Å²) in [4.78, 5) is 0. The molecule has 1 nitrogen and oxygen atoms in total. The van der Waals surface area contributed by atoms with Gasteiger partial charge in [0.1, 0.15) is 0 Å². The monoisotopic (exact) mass is 293 g/mol. The molecule has 0 radical (unpaired) electrons. The first-order valence-electron chi connectivity index (χ1n) is 8.84. The summed E-state index contributed by atoms with van der Waals surface area (Å²) in [7, 11) is 2.06. The van der Waals surface area contributed by atoms with E-state index in [0.29, 0.717) is 16.2 Å². The molecule has 2 atom stereocenters. The number of allylic oxidation sites excluding steroid dienone is 2. The van der Waals surface area contributed by atoms with Crippen molar-refractivity contribution in [2.24, 2.45) is 28.1 Å². The van der Waals surface area contributed by atoms with Crippen LogP contribution in [0, 0.1) is 28.1 Å². The average molecular weight is 294 g/mol. The van der Waals surface area contributed by atoms with E-state index in [2.05, 4.69) is 73.0 Å². The zero-order valence-electron chi connectivity index (χ0n) is 15.8. The van der Waals surface area contributed by atoms with E-state index in [1.165, 1.54) is 25.7 Å². The zero-order chi connectivity index (χ0) is 16.3. The Morgan fingerprint density at radius 2 is 1.67 bits per heavy atom. The van der Waals surface area contributed by atoms with Crippen LogP contribution in [0.1, 0.15) is 74.1 Å². The maximum Gasteiger partial charge on any atom is -0.0000274 e. The number of hydrogen-bond acceptors (Lipinski definition) is 1. The van der Waals surface area contributed by atoms with Crippen LogP contribution in [-0.4, -0.2) is 13.6 Å². The van der Waals surface area contributed by atoms with E-state index in [4.69, 9.17) is 0 Å². The molecular formula is C20H39N. The Kier molecular flexibility index (Phi) is 6.12. The van der Waals surface area contributed by atoms with Crippen LogP contribution in [0.25, 0.3) is 0 Å². The van der Waals surface area contributed by atoms with E-state index in [0.717, 1.165) is 18.4 Å². The second-order valence-electron chi connectivity index (χ2n) is 9.56. The van der Waals surface area contributed by atoms with Gasteiger partial charge in [0.2, 0.25) is 0 Å². The Labute approximate surface area is 134 Å². The van der Waals surface area contributed by atoms with Crippen molar-refractivity contribution in [1.82, 2.24) is 5.32 Å². The Hall–Kier alpha value is -0.300. The highest BCUT2D eigenvalue weighted by atomic mass is 14.8. The standard InChI is InChI=1S/C20H39N/c1-9-18(2,3)14-17-11-10-16(13-20(17,6)7)12-19(4,5)15-21-8/h10-11,16-17,21H,9,12-15H2,1-8H3. The Bertz CT molecular complexity index is 349. The molecule has 0 spiro atoms. The van der Waals surface area contributed by atoms with Crippen LogP contribution in [-0.2, 0) is 0 Å². The van der Waals surface area contributed by atoms with Crippen molar-refractivity contribution in [1.29, 1.82) is 0 Å². The summed E-state index contributed by atoms with van der Waals surface area (Å²) in [6.45, 7) is 18.0. The molecular weight excluding hydrogens is 254 g/mol. The van der Waals surface area contributed by atoms with E-state index in [9.17, 15) is 0 Å². The Morgan fingerprint density at radius 3 is 2.14 bits per heavy atom. The fourth-order valence-electron chi connectivity index (χ4n) is 3.93. The molecule has 21 heavy (non-hydrogen) atoms. The van der Waals surface area contributed by atoms with Gasteiger partial charge >= 0.3 is 0 Å². The maximum absolute atomic E-state index is 3.34. The minimum atomic E-state index is 0.384. The molecule has 0 aliphatic heterocycles. The SMILES string of the molecule is CCC(C)(C)CC1C=CC(CC(C)(C)CNC)CC1(C)C. The van der Waals surface area contributed by atoms with Crippen LogP contribution in [0.4, 0.5) is 0 Å². The number of nitrogens with one attached hydrogen (secondary N) is 1. The van der Waals surface area contributed by atoms with Crippen molar-refractivity contribution in [2.75, 3.05) is 13.6 Å². The van der Waals surface area contributed by atoms with Crippen molar-refractivity contribution < 1.29 is 0 Å². The summed E-state index contributed by atoms with van der Waals surface area (Å²) in [5.41, 5.74) is 1.28. The third-order valence-corrected chi connectivity index (χ3v) is 5.61. The Balaban J connectivity index is 2.74. The van der Waals surface area contributed by atoms with Gasteiger partial charge in [0.15, 0.2) is 0 Å². The quantitative estimate of drug-likeness (QED) is 0.597. The second kappa shape index (κ2) is 6.86. The van der Waals surface area contributed by atoms with Gasteiger partial charge in [-0.25, -0.2) is 0 Å². The van der Waals surface area contributed by atoms with Gasteiger partial charge in [-0.15, -0.1) is 0 Å². The van der Waals surface area contributed by atoms with E-state index < -0.39 is 0 Å². The van der Waals surface area contributed by atoms with Gasteiger partial charge in [0.05, 0.1) is 0 Å². The van der Waals surface area contributed by atoms with Crippen molar-refractivity contribution >= 4 is 0 Å². The zero-order valence-corrected chi connectivity index (χ0v) is 15.8. The average Bonchev–Trinajstić information content (AvgIpc) is 2.31. The van der Waals surface area contributed by atoms with Crippen molar-refractivity contribution in [3.8, 4) is 0 Å². The molecule has 1 N–H and O–H groups in total. The van der Waals surface area contributed by atoms with E-state index in [1.807, 2.05) is 0 Å². The maximum atomic E-state index is 3.34. The molecule has 1 aliphatic carbocycles. The highest BCUT2D eigenvalue weighted by molar-refractivity contribution is 5.07. The van der Waals surface area contributed by atoms with Gasteiger partial charge in [0.25, 0.3) is 0 Å². The van der Waals surface area contributed by atoms with Crippen LogP contribution in [0.3, 0.4) is 0 Å². The van der Waals surface area contributed by atoms with Crippen LogP contribution in [0.5, 0.6) is 0 Å².